The fourth-order valence-corrected chi connectivity index (χ4v) is 2.66. The maximum absolute atomic E-state index is 11.7. The van der Waals surface area contributed by atoms with Crippen LogP contribution in [-0.4, -0.2) is 60.5 Å². The number of pyridine rings is 1. The Labute approximate surface area is 127 Å². The van der Waals surface area contributed by atoms with Crippen molar-refractivity contribution in [1.82, 2.24) is 20.1 Å². The van der Waals surface area contributed by atoms with Crippen LogP contribution in [0, 0.1) is 0 Å². The van der Waals surface area contributed by atoms with E-state index in [0.29, 0.717) is 12.6 Å². The van der Waals surface area contributed by atoms with Gasteiger partial charge in [-0.2, -0.15) is 0 Å². The molecule has 2 rings (SSSR count). The van der Waals surface area contributed by atoms with Gasteiger partial charge in [-0.05, 0) is 31.9 Å². The van der Waals surface area contributed by atoms with Crippen LogP contribution in [0.25, 0.3) is 0 Å². The SMILES string of the molecule is C[C@@H](NC1CCN(CC(=O)N(C)C)CC1)c1ccccn1. The summed E-state index contributed by atoms with van der Waals surface area (Å²) in [6.45, 7) is 4.65. The van der Waals surface area contributed by atoms with Crippen LogP contribution in [0.15, 0.2) is 24.4 Å². The van der Waals surface area contributed by atoms with E-state index in [9.17, 15) is 4.79 Å². The summed E-state index contributed by atoms with van der Waals surface area (Å²) < 4.78 is 0. The number of hydrogen-bond donors (Lipinski definition) is 1. The van der Waals surface area contributed by atoms with E-state index in [4.69, 9.17) is 0 Å². The average molecular weight is 290 g/mol. The molecule has 0 aliphatic carbocycles. The van der Waals surface area contributed by atoms with E-state index in [-0.39, 0.29) is 11.9 Å². The second-order valence-electron chi connectivity index (χ2n) is 5.98. The molecule has 2 heterocycles. The van der Waals surface area contributed by atoms with Gasteiger partial charge in [-0.1, -0.05) is 6.07 Å². The number of aromatic nitrogens is 1. The third kappa shape index (κ3) is 4.79. The molecule has 0 saturated carbocycles. The van der Waals surface area contributed by atoms with Crippen molar-refractivity contribution >= 4 is 5.91 Å². The highest BCUT2D eigenvalue weighted by Crippen LogP contribution is 2.15. The zero-order valence-corrected chi connectivity index (χ0v) is 13.2. The number of nitrogens with zero attached hydrogens (tertiary/aromatic N) is 3. The molecule has 1 fully saturated rings. The van der Waals surface area contributed by atoms with E-state index in [1.54, 1.807) is 4.90 Å². The van der Waals surface area contributed by atoms with Gasteiger partial charge in [0.15, 0.2) is 0 Å². The second-order valence-corrected chi connectivity index (χ2v) is 5.98. The summed E-state index contributed by atoms with van der Waals surface area (Å²) in [5.74, 6) is 0.184. The third-order valence-corrected chi connectivity index (χ3v) is 4.06. The molecule has 1 aromatic heterocycles. The molecule has 1 amide bonds. The Morgan fingerprint density at radius 2 is 2.14 bits per heavy atom. The molecule has 1 saturated heterocycles. The Morgan fingerprint density at radius 3 is 2.71 bits per heavy atom. The third-order valence-electron chi connectivity index (χ3n) is 4.06. The number of likely N-dealkylation sites (tertiary alicyclic amines) is 1. The normalized spacial score (nSPS) is 18.4. The molecule has 5 nitrogen and oxygen atoms in total. The lowest BCUT2D eigenvalue weighted by atomic mass is 10.0. The maximum atomic E-state index is 11.7. The highest BCUT2D eigenvalue weighted by Gasteiger charge is 2.22. The minimum atomic E-state index is 0.184. The van der Waals surface area contributed by atoms with Crippen LogP contribution < -0.4 is 5.32 Å². The molecule has 1 aliphatic heterocycles. The Balaban J connectivity index is 1.75. The number of nitrogens with one attached hydrogen (secondary N) is 1. The van der Waals surface area contributed by atoms with Crippen LogP contribution in [0.1, 0.15) is 31.5 Å². The summed E-state index contributed by atoms with van der Waals surface area (Å²) in [6, 6.07) is 6.80. The maximum Gasteiger partial charge on any atom is 0.236 e. The second kappa shape index (κ2) is 7.52. The van der Waals surface area contributed by atoms with E-state index in [0.717, 1.165) is 31.6 Å². The summed E-state index contributed by atoms with van der Waals surface area (Å²) in [4.78, 5) is 20.0. The van der Waals surface area contributed by atoms with Crippen LogP contribution >= 0.6 is 0 Å². The van der Waals surface area contributed by atoms with Crippen molar-refractivity contribution in [2.24, 2.45) is 0 Å². The molecular formula is C16H26N4O. The minimum Gasteiger partial charge on any atom is -0.348 e. The molecule has 1 aromatic rings. The molecule has 1 atom stereocenters. The van der Waals surface area contributed by atoms with Crippen LogP contribution in [0.3, 0.4) is 0 Å². The lowest BCUT2D eigenvalue weighted by Gasteiger charge is -2.33. The average Bonchev–Trinajstić information content (AvgIpc) is 2.50. The van der Waals surface area contributed by atoms with Gasteiger partial charge in [0.1, 0.15) is 0 Å². The highest BCUT2D eigenvalue weighted by molar-refractivity contribution is 5.77. The van der Waals surface area contributed by atoms with Gasteiger partial charge in [0.2, 0.25) is 5.91 Å². The quantitative estimate of drug-likeness (QED) is 0.887. The minimum absolute atomic E-state index is 0.184. The first kappa shape index (κ1) is 15.9. The van der Waals surface area contributed by atoms with Crippen molar-refractivity contribution in [3.05, 3.63) is 30.1 Å². The van der Waals surface area contributed by atoms with Crippen LogP contribution in [-0.2, 0) is 4.79 Å². The summed E-state index contributed by atoms with van der Waals surface area (Å²) in [6.07, 6.45) is 4.00. The Bertz CT molecular complexity index is 441. The van der Waals surface area contributed by atoms with Crippen molar-refractivity contribution < 1.29 is 4.79 Å². The van der Waals surface area contributed by atoms with Gasteiger partial charge in [0, 0.05) is 45.5 Å². The number of rotatable bonds is 5. The van der Waals surface area contributed by atoms with Crippen LogP contribution in [0.4, 0.5) is 0 Å². The predicted molar refractivity (Wildman–Crippen MR) is 83.9 cm³/mol. The molecule has 5 heteroatoms. The van der Waals surface area contributed by atoms with Crippen molar-refractivity contribution in [3.63, 3.8) is 0 Å². The highest BCUT2D eigenvalue weighted by atomic mass is 16.2. The monoisotopic (exact) mass is 290 g/mol. The Kier molecular flexibility index (Phi) is 5.70. The first-order chi connectivity index (χ1) is 10.1. The largest absolute Gasteiger partial charge is 0.348 e. The van der Waals surface area contributed by atoms with Crippen molar-refractivity contribution in [3.8, 4) is 0 Å². The summed E-state index contributed by atoms with van der Waals surface area (Å²) in [7, 11) is 3.62. The van der Waals surface area contributed by atoms with Crippen molar-refractivity contribution in [1.29, 1.82) is 0 Å². The molecule has 0 spiro atoms. The number of carbonyl (C=O) groups excluding carboxylic acids is 1. The molecule has 0 unspecified atom stereocenters. The fourth-order valence-electron chi connectivity index (χ4n) is 2.66. The van der Waals surface area contributed by atoms with Gasteiger partial charge in [0.25, 0.3) is 0 Å². The molecule has 116 valence electrons. The topological polar surface area (TPSA) is 48.5 Å². The van der Waals surface area contributed by atoms with E-state index < -0.39 is 0 Å². The van der Waals surface area contributed by atoms with Crippen LogP contribution in [0.5, 0.6) is 0 Å². The number of carbonyl (C=O) groups is 1. The number of likely N-dealkylation sites (N-methyl/N-ethyl adjacent to an activating group) is 1. The van der Waals surface area contributed by atoms with Gasteiger partial charge >= 0.3 is 0 Å². The Morgan fingerprint density at radius 1 is 1.43 bits per heavy atom. The van der Waals surface area contributed by atoms with Crippen molar-refractivity contribution in [2.75, 3.05) is 33.7 Å². The summed E-state index contributed by atoms with van der Waals surface area (Å²) >= 11 is 0. The molecular weight excluding hydrogens is 264 g/mol. The summed E-state index contributed by atoms with van der Waals surface area (Å²) in [5.41, 5.74) is 1.09. The lowest BCUT2D eigenvalue weighted by Crippen LogP contribution is -2.46. The van der Waals surface area contributed by atoms with Gasteiger partial charge in [-0.25, -0.2) is 0 Å². The fraction of sp³-hybridized carbons (Fsp3) is 0.625. The van der Waals surface area contributed by atoms with E-state index in [2.05, 4.69) is 28.2 Å². The number of piperidine rings is 1. The number of amides is 1. The molecule has 0 radical (unpaired) electrons. The zero-order chi connectivity index (χ0) is 15.2. The van der Waals surface area contributed by atoms with Gasteiger partial charge < -0.3 is 10.2 Å². The Hall–Kier alpha value is -1.46. The standard InChI is InChI=1S/C16H26N4O/c1-13(15-6-4-5-9-17-15)18-14-7-10-20(11-8-14)12-16(21)19(2)3/h4-6,9,13-14,18H,7-8,10-12H2,1-3H3/t13-/m1/s1. The van der Waals surface area contributed by atoms with Gasteiger partial charge in [0.05, 0.1) is 12.2 Å². The zero-order valence-electron chi connectivity index (χ0n) is 13.2. The van der Waals surface area contributed by atoms with Gasteiger partial charge in [-0.15, -0.1) is 0 Å². The van der Waals surface area contributed by atoms with E-state index >= 15 is 0 Å². The lowest BCUT2D eigenvalue weighted by molar-refractivity contribution is -0.130. The number of hydrogen-bond acceptors (Lipinski definition) is 4. The summed E-state index contributed by atoms with van der Waals surface area (Å²) in [5, 5.41) is 3.65. The molecule has 0 bridgehead atoms. The molecule has 1 aliphatic rings. The first-order valence-electron chi connectivity index (χ1n) is 7.65. The van der Waals surface area contributed by atoms with Crippen molar-refractivity contribution in [2.45, 2.75) is 31.8 Å². The first-order valence-corrected chi connectivity index (χ1v) is 7.65. The molecule has 1 N–H and O–H groups in total. The molecule has 0 aromatic carbocycles. The van der Waals surface area contributed by atoms with Crippen LogP contribution in [0.2, 0.25) is 0 Å². The van der Waals surface area contributed by atoms with E-state index in [1.807, 2.05) is 32.4 Å². The smallest absolute Gasteiger partial charge is 0.236 e. The van der Waals surface area contributed by atoms with E-state index in [1.165, 1.54) is 0 Å². The molecule has 21 heavy (non-hydrogen) atoms. The van der Waals surface area contributed by atoms with Gasteiger partial charge in [-0.3, -0.25) is 14.7 Å². The predicted octanol–water partition coefficient (Wildman–Crippen LogP) is 1.28.